The molecule has 94 valence electrons. The van der Waals surface area contributed by atoms with Crippen LogP contribution in [0.1, 0.15) is 25.6 Å². The monoisotopic (exact) mass is 237 g/mol. The largest absolute Gasteiger partial charge is 0.453 e. The van der Waals surface area contributed by atoms with Gasteiger partial charge in [0.1, 0.15) is 0 Å². The van der Waals surface area contributed by atoms with Gasteiger partial charge in [-0.2, -0.15) is 0 Å². The van der Waals surface area contributed by atoms with E-state index in [9.17, 15) is 4.79 Å². The third-order valence-corrected chi connectivity index (χ3v) is 2.50. The highest BCUT2D eigenvalue weighted by Crippen LogP contribution is 2.24. The number of hydrogen-bond acceptors (Lipinski definition) is 3. The van der Waals surface area contributed by atoms with Gasteiger partial charge in [0.15, 0.2) is 6.23 Å². The summed E-state index contributed by atoms with van der Waals surface area (Å²) in [6, 6.07) is 9.59. The lowest BCUT2D eigenvalue weighted by atomic mass is 10.1. The van der Waals surface area contributed by atoms with E-state index < -0.39 is 12.3 Å². The van der Waals surface area contributed by atoms with E-state index in [1.807, 2.05) is 44.2 Å². The molecule has 0 radical (unpaired) electrons. The van der Waals surface area contributed by atoms with Crippen LogP contribution >= 0.6 is 0 Å². The molecule has 0 fully saturated rings. The molecule has 0 heterocycles. The van der Waals surface area contributed by atoms with Gasteiger partial charge < -0.3 is 9.47 Å². The summed E-state index contributed by atoms with van der Waals surface area (Å²) in [4.78, 5) is 13.3. The van der Waals surface area contributed by atoms with Crippen molar-refractivity contribution in [2.75, 3.05) is 14.2 Å². The lowest BCUT2D eigenvalue weighted by Gasteiger charge is -2.32. The van der Waals surface area contributed by atoms with E-state index in [1.165, 1.54) is 7.11 Å². The molecule has 0 bridgehead atoms. The summed E-state index contributed by atoms with van der Waals surface area (Å²) >= 11 is 0. The van der Waals surface area contributed by atoms with Crippen LogP contribution in [0.2, 0.25) is 0 Å². The van der Waals surface area contributed by atoms with Crippen molar-refractivity contribution in [2.45, 2.75) is 26.1 Å². The minimum atomic E-state index is -0.427. The summed E-state index contributed by atoms with van der Waals surface area (Å²) in [5.74, 6) is 0. The quantitative estimate of drug-likeness (QED) is 0.756. The second kappa shape index (κ2) is 6.25. The van der Waals surface area contributed by atoms with Crippen LogP contribution in [0.15, 0.2) is 30.3 Å². The Balaban J connectivity index is 3.02. The molecule has 0 aliphatic rings. The number of nitrogens with zero attached hydrogens (tertiary/aromatic N) is 1. The van der Waals surface area contributed by atoms with Gasteiger partial charge >= 0.3 is 6.09 Å². The highest BCUT2D eigenvalue weighted by molar-refractivity contribution is 5.68. The van der Waals surface area contributed by atoms with Crippen LogP contribution in [0.25, 0.3) is 0 Å². The van der Waals surface area contributed by atoms with Crippen molar-refractivity contribution < 1.29 is 14.3 Å². The number of ether oxygens (including phenoxy) is 2. The Morgan fingerprint density at radius 3 is 2.18 bits per heavy atom. The van der Waals surface area contributed by atoms with Gasteiger partial charge in [-0.25, -0.2) is 4.79 Å². The topological polar surface area (TPSA) is 38.8 Å². The second-order valence-corrected chi connectivity index (χ2v) is 3.97. The first-order valence-corrected chi connectivity index (χ1v) is 5.55. The SMILES string of the molecule is COC(=O)N(C(C)C)C(OC)c1ccccc1. The summed E-state index contributed by atoms with van der Waals surface area (Å²) in [5, 5.41) is 0. The van der Waals surface area contributed by atoms with E-state index in [1.54, 1.807) is 12.0 Å². The highest BCUT2D eigenvalue weighted by Gasteiger charge is 2.27. The third-order valence-electron chi connectivity index (χ3n) is 2.50. The number of rotatable bonds is 4. The maximum Gasteiger partial charge on any atom is 0.412 e. The molecule has 0 saturated carbocycles. The van der Waals surface area contributed by atoms with Gasteiger partial charge in [-0.1, -0.05) is 30.3 Å². The molecule has 1 rings (SSSR count). The molecular formula is C13H19NO3. The Kier molecular flexibility index (Phi) is 4.97. The molecule has 1 aromatic rings. The number of benzene rings is 1. The molecular weight excluding hydrogens is 218 g/mol. The Morgan fingerprint density at radius 1 is 1.18 bits per heavy atom. The summed E-state index contributed by atoms with van der Waals surface area (Å²) in [5.41, 5.74) is 0.925. The number of carbonyl (C=O) groups is 1. The lowest BCUT2D eigenvalue weighted by molar-refractivity contribution is -0.0415. The molecule has 1 amide bonds. The first kappa shape index (κ1) is 13.5. The zero-order valence-electron chi connectivity index (χ0n) is 10.7. The molecule has 4 nitrogen and oxygen atoms in total. The van der Waals surface area contributed by atoms with Crippen molar-refractivity contribution in [1.29, 1.82) is 0 Å². The maximum absolute atomic E-state index is 11.8. The molecule has 0 N–H and O–H groups in total. The average Bonchev–Trinajstić information content (AvgIpc) is 2.35. The first-order valence-electron chi connectivity index (χ1n) is 5.55. The molecule has 17 heavy (non-hydrogen) atoms. The van der Waals surface area contributed by atoms with Crippen molar-refractivity contribution in [3.05, 3.63) is 35.9 Å². The molecule has 0 spiro atoms. The fourth-order valence-corrected chi connectivity index (χ4v) is 1.71. The average molecular weight is 237 g/mol. The molecule has 1 atom stereocenters. The number of carbonyl (C=O) groups excluding carboxylic acids is 1. The minimum absolute atomic E-state index is 0.00685. The van der Waals surface area contributed by atoms with Crippen molar-refractivity contribution in [1.82, 2.24) is 4.90 Å². The Morgan fingerprint density at radius 2 is 1.76 bits per heavy atom. The van der Waals surface area contributed by atoms with Crippen molar-refractivity contribution in [3.8, 4) is 0 Å². The van der Waals surface area contributed by atoms with Gasteiger partial charge in [-0.15, -0.1) is 0 Å². The number of amides is 1. The van der Waals surface area contributed by atoms with E-state index in [-0.39, 0.29) is 6.04 Å². The fourth-order valence-electron chi connectivity index (χ4n) is 1.71. The normalized spacial score (nSPS) is 12.3. The summed E-state index contributed by atoms with van der Waals surface area (Å²) in [6.07, 6.45) is -0.820. The van der Waals surface area contributed by atoms with Crippen molar-refractivity contribution >= 4 is 6.09 Å². The van der Waals surface area contributed by atoms with Gasteiger partial charge in [-0.3, -0.25) is 4.90 Å². The molecule has 0 aromatic heterocycles. The molecule has 0 aliphatic carbocycles. The van der Waals surface area contributed by atoms with Crippen LogP contribution in [0.3, 0.4) is 0 Å². The number of methoxy groups -OCH3 is 2. The van der Waals surface area contributed by atoms with Gasteiger partial charge in [0, 0.05) is 18.7 Å². The summed E-state index contributed by atoms with van der Waals surface area (Å²) in [6.45, 7) is 3.84. The van der Waals surface area contributed by atoms with E-state index in [0.717, 1.165) is 5.56 Å². The summed E-state index contributed by atoms with van der Waals surface area (Å²) < 4.78 is 10.2. The zero-order valence-corrected chi connectivity index (χ0v) is 10.7. The summed E-state index contributed by atoms with van der Waals surface area (Å²) in [7, 11) is 2.95. The predicted octanol–water partition coefficient (Wildman–Crippen LogP) is 2.81. The van der Waals surface area contributed by atoms with Gasteiger partial charge in [0.05, 0.1) is 7.11 Å². The smallest absolute Gasteiger partial charge is 0.412 e. The molecule has 0 saturated heterocycles. The minimum Gasteiger partial charge on any atom is -0.453 e. The van der Waals surface area contributed by atoms with Crippen LogP contribution in [-0.2, 0) is 9.47 Å². The van der Waals surface area contributed by atoms with Crippen LogP contribution in [0, 0.1) is 0 Å². The van der Waals surface area contributed by atoms with Crippen LogP contribution < -0.4 is 0 Å². The van der Waals surface area contributed by atoms with E-state index in [2.05, 4.69) is 0 Å². The Labute approximate surface area is 102 Å². The Bertz CT molecular complexity index is 351. The lowest BCUT2D eigenvalue weighted by Crippen LogP contribution is -2.40. The zero-order chi connectivity index (χ0) is 12.8. The van der Waals surface area contributed by atoms with Crippen LogP contribution in [0.5, 0.6) is 0 Å². The Hall–Kier alpha value is -1.55. The van der Waals surface area contributed by atoms with Crippen molar-refractivity contribution in [2.24, 2.45) is 0 Å². The molecule has 1 unspecified atom stereocenters. The van der Waals surface area contributed by atoms with E-state index in [0.29, 0.717) is 0 Å². The second-order valence-electron chi connectivity index (χ2n) is 3.97. The highest BCUT2D eigenvalue weighted by atomic mass is 16.6. The van der Waals surface area contributed by atoms with Crippen LogP contribution in [-0.4, -0.2) is 31.3 Å². The first-order chi connectivity index (χ1) is 8.11. The maximum atomic E-state index is 11.8. The van der Waals surface area contributed by atoms with Crippen molar-refractivity contribution in [3.63, 3.8) is 0 Å². The van der Waals surface area contributed by atoms with E-state index in [4.69, 9.17) is 9.47 Å². The van der Waals surface area contributed by atoms with Crippen LogP contribution in [0.4, 0.5) is 4.79 Å². The van der Waals surface area contributed by atoms with Gasteiger partial charge in [0.2, 0.25) is 0 Å². The number of hydrogen-bond donors (Lipinski definition) is 0. The van der Waals surface area contributed by atoms with Gasteiger partial charge in [0.25, 0.3) is 0 Å². The standard InChI is InChI=1S/C13H19NO3/c1-10(2)14(13(15)17-4)12(16-3)11-8-6-5-7-9-11/h5-10,12H,1-4H3. The van der Waals surface area contributed by atoms with E-state index >= 15 is 0 Å². The van der Waals surface area contributed by atoms with Gasteiger partial charge in [-0.05, 0) is 13.8 Å². The fraction of sp³-hybridized carbons (Fsp3) is 0.462. The molecule has 4 heteroatoms. The third kappa shape index (κ3) is 3.20. The molecule has 0 aliphatic heterocycles. The predicted molar refractivity (Wildman–Crippen MR) is 65.6 cm³/mol. The molecule has 1 aromatic carbocycles.